The number of hydrogen-bond acceptors (Lipinski definition) is 3. The van der Waals surface area contributed by atoms with Gasteiger partial charge in [0.05, 0.1) is 5.03 Å². The summed E-state index contributed by atoms with van der Waals surface area (Å²) in [4.78, 5) is 4.57. The highest BCUT2D eigenvalue weighted by atomic mass is 32.2. The molecule has 2 N–H and O–H groups in total. The molecule has 1 heterocycles. The molecular weight excluding hydrogens is 216 g/mol. The predicted octanol–water partition coefficient (Wildman–Crippen LogP) is 3.06. The first-order valence-corrected chi connectivity index (χ1v) is 6.90. The lowest BCUT2D eigenvalue weighted by Crippen LogP contribution is -2.35. The molecule has 1 saturated carbocycles. The Kier molecular flexibility index (Phi) is 3.87. The summed E-state index contributed by atoms with van der Waals surface area (Å²) in [5, 5.41) is 1.70. The maximum absolute atomic E-state index is 6.15. The number of aryl methyl sites for hydroxylation is 2. The molecule has 2 unspecified atom stereocenters. The summed E-state index contributed by atoms with van der Waals surface area (Å²) in [6.45, 7) is 4.18. The number of hydrogen-bond donors (Lipinski definition) is 1. The molecule has 16 heavy (non-hydrogen) atoms. The van der Waals surface area contributed by atoms with Gasteiger partial charge in [0.1, 0.15) is 0 Å². The third-order valence-electron chi connectivity index (χ3n) is 3.10. The van der Waals surface area contributed by atoms with E-state index in [1.54, 1.807) is 0 Å². The summed E-state index contributed by atoms with van der Waals surface area (Å²) < 4.78 is 0. The fourth-order valence-electron chi connectivity index (χ4n) is 2.29. The lowest BCUT2D eigenvalue weighted by Gasteiger charge is -2.27. The van der Waals surface area contributed by atoms with Crippen molar-refractivity contribution in [3.63, 3.8) is 0 Å². The molecule has 88 valence electrons. The third kappa shape index (κ3) is 2.98. The van der Waals surface area contributed by atoms with Crippen LogP contribution in [0.15, 0.2) is 17.2 Å². The van der Waals surface area contributed by atoms with Gasteiger partial charge in [-0.1, -0.05) is 12.8 Å². The standard InChI is InChI=1S/C13H20N2S/c1-9-7-10(2)15-13(8-9)16-12-6-4-3-5-11(12)14/h7-8,11-12H,3-6,14H2,1-2H3. The first kappa shape index (κ1) is 11.9. The number of nitrogens with zero attached hydrogens (tertiary/aromatic N) is 1. The van der Waals surface area contributed by atoms with Crippen LogP contribution in [-0.2, 0) is 0 Å². The normalized spacial score (nSPS) is 25.7. The van der Waals surface area contributed by atoms with Crippen molar-refractivity contribution in [3.8, 4) is 0 Å². The van der Waals surface area contributed by atoms with Gasteiger partial charge < -0.3 is 5.73 Å². The molecule has 1 aliphatic rings. The Morgan fingerprint density at radius 2 is 2.00 bits per heavy atom. The van der Waals surface area contributed by atoms with E-state index in [4.69, 9.17) is 5.73 Å². The lowest BCUT2D eigenvalue weighted by atomic mass is 9.96. The zero-order chi connectivity index (χ0) is 11.5. The van der Waals surface area contributed by atoms with Crippen LogP contribution in [0.4, 0.5) is 0 Å². The number of aromatic nitrogens is 1. The van der Waals surface area contributed by atoms with Crippen molar-refractivity contribution < 1.29 is 0 Å². The summed E-state index contributed by atoms with van der Waals surface area (Å²) in [5.74, 6) is 0. The molecule has 1 aromatic heterocycles. The molecular formula is C13H20N2S. The Morgan fingerprint density at radius 3 is 2.69 bits per heavy atom. The van der Waals surface area contributed by atoms with Crippen molar-refractivity contribution in [1.29, 1.82) is 0 Å². The van der Waals surface area contributed by atoms with Gasteiger partial charge in [0, 0.05) is 17.0 Å². The predicted molar refractivity (Wildman–Crippen MR) is 69.8 cm³/mol. The Bertz CT molecular complexity index is 345. The largest absolute Gasteiger partial charge is 0.327 e. The van der Waals surface area contributed by atoms with Gasteiger partial charge in [-0.25, -0.2) is 4.98 Å². The van der Waals surface area contributed by atoms with Crippen molar-refractivity contribution in [1.82, 2.24) is 4.98 Å². The zero-order valence-electron chi connectivity index (χ0n) is 10.1. The van der Waals surface area contributed by atoms with Gasteiger partial charge in [0.15, 0.2) is 0 Å². The molecule has 0 aliphatic heterocycles. The van der Waals surface area contributed by atoms with Crippen LogP contribution in [0.2, 0.25) is 0 Å². The molecule has 3 heteroatoms. The topological polar surface area (TPSA) is 38.9 Å². The average Bonchev–Trinajstić information content (AvgIpc) is 2.20. The average molecular weight is 236 g/mol. The number of thioether (sulfide) groups is 1. The van der Waals surface area contributed by atoms with E-state index >= 15 is 0 Å². The molecule has 2 nitrogen and oxygen atoms in total. The van der Waals surface area contributed by atoms with Crippen LogP contribution in [0.5, 0.6) is 0 Å². The van der Waals surface area contributed by atoms with Crippen LogP contribution >= 0.6 is 11.8 Å². The fourth-order valence-corrected chi connectivity index (χ4v) is 3.65. The van der Waals surface area contributed by atoms with E-state index in [-0.39, 0.29) is 0 Å². The Morgan fingerprint density at radius 1 is 1.25 bits per heavy atom. The zero-order valence-corrected chi connectivity index (χ0v) is 10.9. The summed E-state index contributed by atoms with van der Waals surface area (Å²) in [7, 11) is 0. The van der Waals surface area contributed by atoms with E-state index in [0.29, 0.717) is 11.3 Å². The smallest absolute Gasteiger partial charge is 0.0968 e. The van der Waals surface area contributed by atoms with Crippen molar-refractivity contribution in [2.24, 2.45) is 5.73 Å². The van der Waals surface area contributed by atoms with Crippen LogP contribution in [0.25, 0.3) is 0 Å². The molecule has 1 aliphatic carbocycles. The first-order chi connectivity index (χ1) is 7.65. The second kappa shape index (κ2) is 5.19. The number of nitrogens with two attached hydrogens (primary N) is 1. The second-order valence-electron chi connectivity index (χ2n) is 4.73. The summed E-state index contributed by atoms with van der Waals surface area (Å²) in [6, 6.07) is 4.63. The monoisotopic (exact) mass is 236 g/mol. The molecule has 0 amide bonds. The fraction of sp³-hybridized carbons (Fsp3) is 0.615. The second-order valence-corrected chi connectivity index (χ2v) is 5.99. The van der Waals surface area contributed by atoms with Crippen molar-refractivity contribution in [2.75, 3.05) is 0 Å². The maximum Gasteiger partial charge on any atom is 0.0968 e. The Labute approximate surface area is 102 Å². The van der Waals surface area contributed by atoms with Crippen LogP contribution < -0.4 is 5.73 Å². The lowest BCUT2D eigenvalue weighted by molar-refractivity contribution is 0.453. The van der Waals surface area contributed by atoms with Gasteiger partial charge in [-0.15, -0.1) is 11.8 Å². The van der Waals surface area contributed by atoms with Gasteiger partial charge in [0.25, 0.3) is 0 Å². The highest BCUT2D eigenvalue weighted by molar-refractivity contribution is 7.99. The SMILES string of the molecule is Cc1cc(C)nc(SC2CCCCC2N)c1. The van der Waals surface area contributed by atoms with Gasteiger partial charge in [-0.3, -0.25) is 0 Å². The molecule has 0 bridgehead atoms. The van der Waals surface area contributed by atoms with Gasteiger partial charge >= 0.3 is 0 Å². The van der Waals surface area contributed by atoms with Gasteiger partial charge in [0.2, 0.25) is 0 Å². The number of pyridine rings is 1. The van der Waals surface area contributed by atoms with E-state index in [0.717, 1.165) is 10.7 Å². The van der Waals surface area contributed by atoms with E-state index in [1.807, 2.05) is 11.8 Å². The molecule has 1 fully saturated rings. The molecule has 0 saturated heterocycles. The van der Waals surface area contributed by atoms with Crippen LogP contribution in [0.3, 0.4) is 0 Å². The third-order valence-corrected chi connectivity index (χ3v) is 4.44. The highest BCUT2D eigenvalue weighted by Gasteiger charge is 2.23. The van der Waals surface area contributed by atoms with Crippen molar-refractivity contribution in [2.45, 2.75) is 55.8 Å². The van der Waals surface area contributed by atoms with Crippen molar-refractivity contribution >= 4 is 11.8 Å². The van der Waals surface area contributed by atoms with Crippen LogP contribution in [-0.4, -0.2) is 16.3 Å². The van der Waals surface area contributed by atoms with Gasteiger partial charge in [-0.2, -0.15) is 0 Å². The molecule has 0 radical (unpaired) electrons. The summed E-state index contributed by atoms with van der Waals surface area (Å²) in [6.07, 6.45) is 5.01. The quantitative estimate of drug-likeness (QED) is 0.857. The van der Waals surface area contributed by atoms with Gasteiger partial charge in [-0.05, 0) is 44.4 Å². The van der Waals surface area contributed by atoms with Crippen LogP contribution in [0, 0.1) is 13.8 Å². The van der Waals surface area contributed by atoms with E-state index in [1.165, 1.54) is 31.2 Å². The van der Waals surface area contributed by atoms with E-state index in [9.17, 15) is 0 Å². The molecule has 1 aromatic rings. The molecule has 2 rings (SSSR count). The summed E-state index contributed by atoms with van der Waals surface area (Å²) in [5.41, 5.74) is 8.55. The minimum Gasteiger partial charge on any atom is -0.327 e. The molecule has 0 spiro atoms. The van der Waals surface area contributed by atoms with Crippen molar-refractivity contribution in [3.05, 3.63) is 23.4 Å². The minimum atomic E-state index is 0.348. The van der Waals surface area contributed by atoms with Crippen LogP contribution in [0.1, 0.15) is 36.9 Å². The Balaban J connectivity index is 2.07. The van der Waals surface area contributed by atoms with E-state index in [2.05, 4.69) is 31.0 Å². The highest BCUT2D eigenvalue weighted by Crippen LogP contribution is 2.32. The first-order valence-electron chi connectivity index (χ1n) is 6.02. The molecule has 2 atom stereocenters. The summed E-state index contributed by atoms with van der Waals surface area (Å²) >= 11 is 1.86. The minimum absolute atomic E-state index is 0.348. The molecule has 0 aromatic carbocycles. The Hall–Kier alpha value is -0.540. The number of rotatable bonds is 2. The van der Waals surface area contributed by atoms with E-state index < -0.39 is 0 Å². The maximum atomic E-state index is 6.15.